The Bertz CT molecular complexity index is 1220. The number of benzene rings is 2. The van der Waals surface area contributed by atoms with Gasteiger partial charge >= 0.3 is 6.36 Å². The van der Waals surface area contributed by atoms with Gasteiger partial charge in [-0.2, -0.15) is 0 Å². The van der Waals surface area contributed by atoms with Gasteiger partial charge in [0, 0.05) is 17.8 Å². The van der Waals surface area contributed by atoms with Crippen molar-refractivity contribution in [3.63, 3.8) is 0 Å². The van der Waals surface area contributed by atoms with Crippen molar-refractivity contribution in [3.8, 4) is 16.9 Å². The maximum Gasteiger partial charge on any atom is 0.573 e. The first-order valence-corrected chi connectivity index (χ1v) is 11.6. The van der Waals surface area contributed by atoms with Crippen LogP contribution in [-0.4, -0.2) is 22.9 Å². The zero-order chi connectivity index (χ0) is 23.4. The minimum atomic E-state index is -4.68. The van der Waals surface area contributed by atoms with Gasteiger partial charge in [0.25, 0.3) is 0 Å². The van der Waals surface area contributed by atoms with Crippen LogP contribution in [0.15, 0.2) is 54.6 Å². The van der Waals surface area contributed by atoms with E-state index in [0.29, 0.717) is 0 Å². The van der Waals surface area contributed by atoms with Crippen molar-refractivity contribution in [1.29, 1.82) is 0 Å². The molecule has 33 heavy (non-hydrogen) atoms. The number of hydrogen-bond acceptors (Lipinski definition) is 5. The second kappa shape index (κ2) is 9.79. The summed E-state index contributed by atoms with van der Waals surface area (Å²) >= 11 is 1.69. The van der Waals surface area contributed by atoms with Gasteiger partial charge in [-0.1, -0.05) is 43.3 Å². The highest BCUT2D eigenvalue weighted by Gasteiger charge is 2.30. The number of aromatic nitrogens is 2. The summed E-state index contributed by atoms with van der Waals surface area (Å²) in [5.74, 6) is 1.52. The van der Waals surface area contributed by atoms with E-state index >= 15 is 0 Å². The van der Waals surface area contributed by atoms with Gasteiger partial charge < -0.3 is 10.1 Å². The summed E-state index contributed by atoms with van der Waals surface area (Å²) in [5.41, 5.74) is 2.98. The van der Waals surface area contributed by atoms with Crippen molar-refractivity contribution in [2.45, 2.75) is 39.5 Å². The molecule has 0 unspecified atom stereocenters. The number of nitrogens with zero attached hydrogens (tertiary/aromatic N) is 2. The number of nitrogens with one attached hydrogen (secondary N) is 1. The lowest BCUT2D eigenvalue weighted by atomic mass is 10.0. The van der Waals surface area contributed by atoms with Gasteiger partial charge in [0.05, 0.1) is 5.39 Å². The fourth-order valence-electron chi connectivity index (χ4n) is 3.59. The number of halogens is 3. The van der Waals surface area contributed by atoms with Crippen LogP contribution in [0.4, 0.5) is 19.0 Å². The Morgan fingerprint density at radius 2 is 1.64 bits per heavy atom. The van der Waals surface area contributed by atoms with Crippen molar-refractivity contribution in [3.05, 3.63) is 70.9 Å². The maximum atomic E-state index is 12.3. The molecular weight excluding hydrogens is 447 g/mol. The number of ether oxygens (including phenoxy) is 1. The van der Waals surface area contributed by atoms with Gasteiger partial charge in [-0.25, -0.2) is 9.97 Å². The fraction of sp³-hybridized carbons (Fsp3) is 0.280. The van der Waals surface area contributed by atoms with Crippen LogP contribution in [-0.2, 0) is 12.8 Å². The Kier molecular flexibility index (Phi) is 6.83. The second-order valence-corrected chi connectivity index (χ2v) is 8.95. The minimum absolute atomic E-state index is 0.222. The molecular formula is C25H24F3N3OS. The highest BCUT2D eigenvalue weighted by molar-refractivity contribution is 7.18. The van der Waals surface area contributed by atoms with E-state index in [9.17, 15) is 13.2 Å². The summed E-state index contributed by atoms with van der Waals surface area (Å²) in [6.07, 6.45) is -2.04. The first-order chi connectivity index (χ1) is 15.8. The van der Waals surface area contributed by atoms with Crippen LogP contribution in [0.25, 0.3) is 21.3 Å². The normalized spacial score (nSPS) is 11.7. The number of anilines is 1. The number of fused-ring (bicyclic) bond motifs is 1. The molecule has 0 spiro atoms. The zero-order valence-corrected chi connectivity index (χ0v) is 19.2. The van der Waals surface area contributed by atoms with Crippen molar-refractivity contribution in [1.82, 2.24) is 9.97 Å². The molecule has 1 N–H and O–H groups in total. The summed E-state index contributed by atoms with van der Waals surface area (Å²) in [5, 5.41) is 4.54. The van der Waals surface area contributed by atoms with Crippen molar-refractivity contribution >= 4 is 27.4 Å². The van der Waals surface area contributed by atoms with Gasteiger partial charge in [-0.15, -0.1) is 24.5 Å². The van der Waals surface area contributed by atoms with E-state index < -0.39 is 6.36 Å². The van der Waals surface area contributed by atoms with Crippen LogP contribution < -0.4 is 10.1 Å². The molecule has 172 valence electrons. The molecule has 0 fully saturated rings. The van der Waals surface area contributed by atoms with Crippen LogP contribution in [0.1, 0.15) is 29.6 Å². The minimum Gasteiger partial charge on any atom is -0.406 e. The Morgan fingerprint density at radius 1 is 0.970 bits per heavy atom. The van der Waals surface area contributed by atoms with E-state index in [1.807, 2.05) is 12.1 Å². The van der Waals surface area contributed by atoms with E-state index in [1.165, 1.54) is 22.6 Å². The Hall–Kier alpha value is -3.13. The van der Waals surface area contributed by atoms with E-state index in [4.69, 9.17) is 0 Å². The zero-order valence-electron chi connectivity index (χ0n) is 18.4. The highest BCUT2D eigenvalue weighted by Crippen LogP contribution is 2.29. The molecule has 0 amide bonds. The third-order valence-corrected chi connectivity index (χ3v) is 6.13. The fourth-order valence-corrected chi connectivity index (χ4v) is 4.49. The molecule has 0 atom stereocenters. The third kappa shape index (κ3) is 6.01. The van der Waals surface area contributed by atoms with Crippen LogP contribution in [0, 0.1) is 6.92 Å². The van der Waals surface area contributed by atoms with Crippen LogP contribution in [0.5, 0.6) is 5.75 Å². The SMILES string of the molecule is CCc1nc(NCCCc2ccc(-c3ccc(OC(F)(F)F)cc3)cc2)c2cc(C)sc2n1. The lowest BCUT2D eigenvalue weighted by molar-refractivity contribution is -0.274. The molecule has 4 aromatic rings. The van der Waals surface area contributed by atoms with Gasteiger partial charge in [-0.05, 0) is 54.7 Å². The highest BCUT2D eigenvalue weighted by atomic mass is 32.1. The van der Waals surface area contributed by atoms with E-state index in [2.05, 4.69) is 52.1 Å². The summed E-state index contributed by atoms with van der Waals surface area (Å²) in [4.78, 5) is 11.5. The van der Waals surface area contributed by atoms with Crippen LogP contribution in [0.3, 0.4) is 0 Å². The maximum absolute atomic E-state index is 12.3. The Balaban J connectivity index is 1.33. The first-order valence-electron chi connectivity index (χ1n) is 10.8. The molecule has 0 aliphatic heterocycles. The van der Waals surface area contributed by atoms with Gasteiger partial charge in [-0.3, -0.25) is 0 Å². The number of thiophene rings is 1. The lowest BCUT2D eigenvalue weighted by Crippen LogP contribution is -2.16. The molecule has 0 saturated carbocycles. The molecule has 4 nitrogen and oxygen atoms in total. The topological polar surface area (TPSA) is 47.0 Å². The summed E-state index contributed by atoms with van der Waals surface area (Å²) in [6.45, 7) is 4.93. The molecule has 0 saturated heterocycles. The van der Waals surface area contributed by atoms with Gasteiger partial charge in [0.2, 0.25) is 0 Å². The average Bonchev–Trinajstić information content (AvgIpc) is 3.16. The van der Waals surface area contributed by atoms with Crippen molar-refractivity contribution < 1.29 is 17.9 Å². The summed E-state index contributed by atoms with van der Waals surface area (Å²) in [7, 11) is 0. The quantitative estimate of drug-likeness (QED) is 0.277. The number of alkyl halides is 3. The predicted molar refractivity (Wildman–Crippen MR) is 127 cm³/mol. The molecule has 2 heterocycles. The molecule has 8 heteroatoms. The number of aryl methyl sites for hydroxylation is 3. The first kappa shape index (κ1) is 23.0. The molecule has 0 radical (unpaired) electrons. The standard InChI is InChI=1S/C25H24F3N3OS/c1-3-22-30-23(21-15-16(2)33-24(21)31-22)29-14-4-5-17-6-8-18(9-7-17)19-10-12-20(13-11-19)32-25(26,27)28/h6-13,15H,3-5,14H2,1-2H3,(H,29,30,31). The predicted octanol–water partition coefficient (Wildman–Crippen LogP) is 7.17. The van der Waals surface area contributed by atoms with E-state index in [0.717, 1.165) is 58.8 Å². The smallest absolute Gasteiger partial charge is 0.406 e. The largest absolute Gasteiger partial charge is 0.573 e. The monoisotopic (exact) mass is 471 g/mol. The molecule has 2 aromatic heterocycles. The summed E-state index contributed by atoms with van der Waals surface area (Å²) in [6, 6.07) is 16.1. The van der Waals surface area contributed by atoms with Gasteiger partial charge in [0.15, 0.2) is 0 Å². The summed E-state index contributed by atoms with van der Waals surface area (Å²) < 4.78 is 40.8. The Morgan fingerprint density at radius 3 is 2.27 bits per heavy atom. The average molecular weight is 472 g/mol. The van der Waals surface area contributed by atoms with Crippen LogP contribution in [0.2, 0.25) is 0 Å². The number of hydrogen-bond donors (Lipinski definition) is 1. The molecule has 0 aliphatic rings. The number of rotatable bonds is 8. The molecule has 4 rings (SSSR count). The Labute approximate surface area is 194 Å². The third-order valence-electron chi connectivity index (χ3n) is 5.19. The van der Waals surface area contributed by atoms with E-state index in [1.54, 1.807) is 23.5 Å². The van der Waals surface area contributed by atoms with Crippen molar-refractivity contribution in [2.75, 3.05) is 11.9 Å². The van der Waals surface area contributed by atoms with Crippen LogP contribution >= 0.6 is 11.3 Å². The van der Waals surface area contributed by atoms with Crippen molar-refractivity contribution in [2.24, 2.45) is 0 Å². The molecule has 0 bridgehead atoms. The van der Waals surface area contributed by atoms with Gasteiger partial charge in [0.1, 0.15) is 22.2 Å². The lowest BCUT2D eigenvalue weighted by Gasteiger charge is -2.10. The van der Waals surface area contributed by atoms with E-state index in [-0.39, 0.29) is 5.75 Å². The second-order valence-electron chi connectivity index (χ2n) is 7.72. The molecule has 2 aromatic carbocycles. The molecule has 0 aliphatic carbocycles.